The summed E-state index contributed by atoms with van der Waals surface area (Å²) < 4.78 is 0.491. The van der Waals surface area contributed by atoms with Crippen LogP contribution in [-0.4, -0.2) is 10.5 Å². The number of hydrogen-bond acceptors (Lipinski definition) is 1. The Morgan fingerprint density at radius 3 is 2.23 bits per heavy atom. The monoisotopic (exact) mass is 194 g/mol. The quantitative estimate of drug-likeness (QED) is 0.334. The molecule has 0 nitrogen and oxygen atoms in total. The Morgan fingerprint density at radius 1 is 1.15 bits per heavy atom. The zero-order chi connectivity index (χ0) is 9.45. The van der Waals surface area contributed by atoms with E-state index in [4.69, 9.17) is 0 Å². The Morgan fingerprint density at radius 2 is 1.77 bits per heavy atom. The predicted octanol–water partition coefficient (Wildman–Crippen LogP) is 1.31. The first-order valence-corrected chi connectivity index (χ1v) is 6.04. The van der Waals surface area contributed by atoms with Crippen molar-refractivity contribution in [3.63, 3.8) is 0 Å². The summed E-state index contributed by atoms with van der Waals surface area (Å²) in [6.07, 6.45) is 6.39. The maximum atomic E-state index is 3.84. The first kappa shape index (κ1) is 16.4. The molecular weight excluding hydrogens is 171 g/mol. The SMILES string of the molecule is [CH2-]CCCCCSC(C)(C)CC.[Li+]. The van der Waals surface area contributed by atoms with Crippen LogP contribution in [0.1, 0.15) is 52.9 Å². The molecule has 0 atom stereocenters. The summed E-state index contributed by atoms with van der Waals surface area (Å²) >= 11 is 2.11. The second-order valence-electron chi connectivity index (χ2n) is 3.88. The third-order valence-electron chi connectivity index (χ3n) is 2.24. The first-order chi connectivity index (χ1) is 5.62. The van der Waals surface area contributed by atoms with Gasteiger partial charge >= 0.3 is 18.9 Å². The molecule has 2 heteroatoms. The van der Waals surface area contributed by atoms with Gasteiger partial charge in [0, 0.05) is 4.75 Å². The maximum Gasteiger partial charge on any atom is 1.00 e. The van der Waals surface area contributed by atoms with E-state index in [1.54, 1.807) is 0 Å². The van der Waals surface area contributed by atoms with Crippen molar-refractivity contribution in [3.8, 4) is 0 Å². The van der Waals surface area contributed by atoms with Gasteiger partial charge in [-0.1, -0.05) is 33.6 Å². The van der Waals surface area contributed by atoms with Gasteiger partial charge in [0.2, 0.25) is 0 Å². The molecule has 0 saturated carbocycles. The standard InChI is InChI=1S/C11H23S.Li/c1-5-7-8-9-10-12-11(3,4)6-2;/h1,5-10H2,2-4H3;/q-1;+1. The molecule has 0 aliphatic carbocycles. The van der Waals surface area contributed by atoms with Gasteiger partial charge in [-0.3, -0.25) is 0 Å². The fourth-order valence-corrected chi connectivity index (χ4v) is 2.01. The average molecular weight is 194 g/mol. The molecule has 74 valence electrons. The fraction of sp³-hybridized carbons (Fsp3) is 0.909. The predicted molar refractivity (Wildman–Crippen MR) is 60.7 cm³/mol. The van der Waals surface area contributed by atoms with Gasteiger partial charge in [-0.2, -0.15) is 18.2 Å². The molecule has 13 heavy (non-hydrogen) atoms. The Balaban J connectivity index is 0. The van der Waals surface area contributed by atoms with E-state index < -0.39 is 0 Å². The molecule has 0 aromatic rings. The summed E-state index contributed by atoms with van der Waals surface area (Å²) in [4.78, 5) is 0. The van der Waals surface area contributed by atoms with Gasteiger partial charge in [-0.15, -0.1) is 0 Å². The molecule has 0 spiro atoms. The average Bonchev–Trinajstić information content (AvgIpc) is 2.04. The minimum absolute atomic E-state index is 0. The Kier molecular flexibility index (Phi) is 12.0. The van der Waals surface area contributed by atoms with Crippen molar-refractivity contribution in [2.24, 2.45) is 0 Å². The number of rotatable bonds is 7. The van der Waals surface area contributed by atoms with Crippen LogP contribution in [0.2, 0.25) is 0 Å². The molecular formula is C11H23LiS. The molecule has 0 aliphatic heterocycles. The van der Waals surface area contributed by atoms with Crippen molar-refractivity contribution in [1.82, 2.24) is 0 Å². The molecule has 0 heterocycles. The van der Waals surface area contributed by atoms with Crippen LogP contribution in [0.15, 0.2) is 0 Å². The smallest absolute Gasteiger partial charge is 0.343 e. The van der Waals surface area contributed by atoms with E-state index in [1.807, 2.05) is 0 Å². The van der Waals surface area contributed by atoms with E-state index in [0.29, 0.717) is 4.75 Å². The van der Waals surface area contributed by atoms with Crippen LogP contribution in [-0.2, 0) is 0 Å². The van der Waals surface area contributed by atoms with E-state index in [-0.39, 0.29) is 18.9 Å². The summed E-state index contributed by atoms with van der Waals surface area (Å²) in [6, 6.07) is 0. The zero-order valence-electron chi connectivity index (χ0n) is 9.86. The molecule has 0 fully saturated rings. The molecule has 0 aliphatic rings. The molecule has 0 unspecified atom stereocenters. The van der Waals surface area contributed by atoms with E-state index in [9.17, 15) is 0 Å². The molecule has 0 radical (unpaired) electrons. The topological polar surface area (TPSA) is 0 Å². The van der Waals surface area contributed by atoms with Gasteiger partial charge < -0.3 is 6.92 Å². The van der Waals surface area contributed by atoms with Crippen molar-refractivity contribution in [1.29, 1.82) is 0 Å². The summed E-state index contributed by atoms with van der Waals surface area (Å²) in [6.45, 7) is 10.8. The Bertz CT molecular complexity index is 102. The first-order valence-electron chi connectivity index (χ1n) is 5.05. The van der Waals surface area contributed by atoms with Gasteiger partial charge in [0.25, 0.3) is 0 Å². The molecule has 0 rings (SSSR count). The van der Waals surface area contributed by atoms with Crippen LogP contribution >= 0.6 is 11.8 Å². The molecule has 0 N–H and O–H groups in total. The van der Waals surface area contributed by atoms with Crippen LogP contribution in [0.5, 0.6) is 0 Å². The van der Waals surface area contributed by atoms with E-state index in [2.05, 4.69) is 39.5 Å². The summed E-state index contributed by atoms with van der Waals surface area (Å²) in [5.41, 5.74) is 0. The maximum absolute atomic E-state index is 3.84. The van der Waals surface area contributed by atoms with Gasteiger partial charge in [0.1, 0.15) is 0 Å². The largest absolute Gasteiger partial charge is 1.00 e. The molecule has 0 aromatic heterocycles. The molecule has 0 aromatic carbocycles. The van der Waals surface area contributed by atoms with E-state index in [0.717, 1.165) is 6.42 Å². The summed E-state index contributed by atoms with van der Waals surface area (Å²) in [7, 11) is 0. The van der Waals surface area contributed by atoms with Crippen LogP contribution in [0.4, 0.5) is 0 Å². The van der Waals surface area contributed by atoms with Gasteiger partial charge in [-0.05, 0) is 18.6 Å². The number of hydrogen-bond donors (Lipinski definition) is 0. The fourth-order valence-electron chi connectivity index (χ4n) is 0.906. The Labute approximate surface area is 101 Å². The second-order valence-corrected chi connectivity index (χ2v) is 5.68. The third-order valence-corrected chi connectivity index (χ3v) is 3.80. The van der Waals surface area contributed by atoms with Crippen LogP contribution in [0.3, 0.4) is 0 Å². The van der Waals surface area contributed by atoms with Gasteiger partial charge in [0.05, 0.1) is 0 Å². The minimum Gasteiger partial charge on any atom is -0.343 e. The van der Waals surface area contributed by atoms with Crippen LogP contribution < -0.4 is 18.9 Å². The van der Waals surface area contributed by atoms with Crippen LogP contribution in [0.25, 0.3) is 0 Å². The van der Waals surface area contributed by atoms with Crippen molar-refractivity contribution in [3.05, 3.63) is 6.92 Å². The zero-order valence-corrected chi connectivity index (χ0v) is 10.7. The number of thioether (sulfide) groups is 1. The van der Waals surface area contributed by atoms with Crippen molar-refractivity contribution in [2.45, 2.75) is 57.6 Å². The number of unbranched alkanes of at least 4 members (excludes halogenated alkanes) is 3. The summed E-state index contributed by atoms with van der Waals surface area (Å²) in [5, 5.41) is 0. The normalized spacial score (nSPS) is 11.1. The van der Waals surface area contributed by atoms with Crippen LogP contribution in [0, 0.1) is 6.92 Å². The molecule has 0 amide bonds. The Hall–Kier alpha value is 0.947. The second kappa shape index (κ2) is 9.50. The van der Waals surface area contributed by atoms with E-state index >= 15 is 0 Å². The summed E-state index contributed by atoms with van der Waals surface area (Å²) in [5.74, 6) is 1.32. The van der Waals surface area contributed by atoms with Crippen molar-refractivity contribution in [2.75, 3.05) is 5.75 Å². The van der Waals surface area contributed by atoms with Crippen molar-refractivity contribution >= 4 is 11.8 Å². The molecule has 0 saturated heterocycles. The van der Waals surface area contributed by atoms with Gasteiger partial charge in [-0.25, -0.2) is 0 Å². The minimum atomic E-state index is 0. The van der Waals surface area contributed by atoms with Crippen molar-refractivity contribution < 1.29 is 18.9 Å². The van der Waals surface area contributed by atoms with Gasteiger partial charge in [0.15, 0.2) is 0 Å². The third kappa shape index (κ3) is 10.9. The van der Waals surface area contributed by atoms with E-state index in [1.165, 1.54) is 31.4 Å². The molecule has 0 bridgehead atoms.